The van der Waals surface area contributed by atoms with Crippen molar-refractivity contribution < 1.29 is 4.79 Å². The van der Waals surface area contributed by atoms with Crippen LogP contribution >= 0.6 is 31.9 Å². The number of piperidine rings is 1. The molecular formula is C23H19Br2NO. The molecule has 0 amide bonds. The van der Waals surface area contributed by atoms with Gasteiger partial charge in [0.1, 0.15) is 5.78 Å². The first-order valence-corrected chi connectivity index (χ1v) is 10.5. The van der Waals surface area contributed by atoms with E-state index in [1.807, 2.05) is 42.5 Å². The molecule has 0 aromatic heterocycles. The van der Waals surface area contributed by atoms with Crippen molar-refractivity contribution >= 4 is 37.6 Å². The van der Waals surface area contributed by atoms with E-state index >= 15 is 0 Å². The number of rotatable bonds is 3. The zero-order valence-electron chi connectivity index (χ0n) is 14.6. The predicted octanol–water partition coefficient (Wildman–Crippen LogP) is 6.34. The third-order valence-electron chi connectivity index (χ3n) is 5.13. The van der Waals surface area contributed by atoms with E-state index in [2.05, 4.69) is 73.6 Å². The monoisotopic (exact) mass is 483 g/mol. The molecule has 0 bridgehead atoms. The summed E-state index contributed by atoms with van der Waals surface area (Å²) < 4.78 is 2.08. The lowest BCUT2D eigenvalue weighted by Gasteiger charge is -2.37. The number of benzene rings is 3. The van der Waals surface area contributed by atoms with Gasteiger partial charge in [-0.05, 0) is 41.0 Å². The average molecular weight is 485 g/mol. The van der Waals surface area contributed by atoms with E-state index in [0.717, 1.165) is 25.6 Å². The Labute approximate surface area is 176 Å². The van der Waals surface area contributed by atoms with E-state index in [1.165, 1.54) is 0 Å². The summed E-state index contributed by atoms with van der Waals surface area (Å²) in [4.78, 5) is 13.2. The van der Waals surface area contributed by atoms with Gasteiger partial charge in [0.15, 0.2) is 0 Å². The maximum Gasteiger partial charge on any atom is 0.144 e. The normalized spacial score (nSPS) is 22.6. The van der Waals surface area contributed by atoms with Crippen LogP contribution in [0.2, 0.25) is 0 Å². The highest BCUT2D eigenvalue weighted by molar-refractivity contribution is 9.10. The molecule has 3 aromatic rings. The second kappa shape index (κ2) is 8.09. The summed E-state index contributed by atoms with van der Waals surface area (Å²) in [6.45, 7) is 0. The van der Waals surface area contributed by atoms with Crippen molar-refractivity contribution in [1.29, 1.82) is 0 Å². The molecule has 1 saturated heterocycles. The van der Waals surface area contributed by atoms with Crippen LogP contribution < -0.4 is 5.32 Å². The Morgan fingerprint density at radius 1 is 0.704 bits per heavy atom. The predicted molar refractivity (Wildman–Crippen MR) is 116 cm³/mol. The molecule has 1 N–H and O–H groups in total. The molecule has 2 nitrogen and oxygen atoms in total. The molecule has 0 aliphatic carbocycles. The van der Waals surface area contributed by atoms with Crippen molar-refractivity contribution in [2.24, 2.45) is 0 Å². The fourth-order valence-corrected chi connectivity index (χ4v) is 4.32. The SMILES string of the molecule is O=C1C[C@@H](c2ccc(Br)cc2)N[C@H](c2ccc(Br)cc2)[C@H]1c1ccccc1. The number of halogens is 2. The van der Waals surface area contributed by atoms with E-state index in [0.29, 0.717) is 6.42 Å². The number of ketones is 1. The summed E-state index contributed by atoms with van der Waals surface area (Å²) in [5.41, 5.74) is 3.33. The van der Waals surface area contributed by atoms with E-state index in [4.69, 9.17) is 0 Å². The highest BCUT2D eigenvalue weighted by atomic mass is 79.9. The Balaban J connectivity index is 1.73. The van der Waals surface area contributed by atoms with Crippen LogP contribution in [0.25, 0.3) is 0 Å². The second-order valence-corrected chi connectivity index (χ2v) is 8.69. The Hall–Kier alpha value is -1.75. The molecule has 27 heavy (non-hydrogen) atoms. The molecule has 0 unspecified atom stereocenters. The number of nitrogens with one attached hydrogen (secondary N) is 1. The lowest BCUT2D eigenvalue weighted by molar-refractivity contribution is -0.123. The highest BCUT2D eigenvalue weighted by Gasteiger charge is 2.38. The van der Waals surface area contributed by atoms with Crippen molar-refractivity contribution in [3.05, 3.63) is 104 Å². The minimum atomic E-state index is -0.181. The van der Waals surface area contributed by atoms with Gasteiger partial charge in [0.2, 0.25) is 0 Å². The highest BCUT2D eigenvalue weighted by Crippen LogP contribution is 2.41. The van der Waals surface area contributed by atoms with Gasteiger partial charge in [0, 0.05) is 27.4 Å². The molecule has 1 fully saturated rings. The van der Waals surface area contributed by atoms with Gasteiger partial charge < -0.3 is 5.32 Å². The number of hydrogen-bond acceptors (Lipinski definition) is 2. The fraction of sp³-hybridized carbons (Fsp3) is 0.174. The second-order valence-electron chi connectivity index (χ2n) is 6.86. The summed E-state index contributed by atoms with van der Waals surface area (Å²) >= 11 is 6.99. The summed E-state index contributed by atoms with van der Waals surface area (Å²) in [6.07, 6.45) is 0.494. The zero-order chi connectivity index (χ0) is 18.8. The topological polar surface area (TPSA) is 29.1 Å². The molecule has 4 heteroatoms. The van der Waals surface area contributed by atoms with E-state index in [-0.39, 0.29) is 23.8 Å². The third-order valence-corrected chi connectivity index (χ3v) is 6.18. The fourth-order valence-electron chi connectivity index (χ4n) is 3.79. The van der Waals surface area contributed by atoms with Gasteiger partial charge in [-0.3, -0.25) is 4.79 Å². The average Bonchev–Trinajstić information content (AvgIpc) is 2.69. The van der Waals surface area contributed by atoms with Gasteiger partial charge in [-0.1, -0.05) is 86.5 Å². The Bertz CT molecular complexity index is 923. The molecule has 3 aromatic carbocycles. The molecule has 0 saturated carbocycles. The first-order valence-electron chi connectivity index (χ1n) is 8.96. The number of Topliss-reactive ketones (excluding diaryl/α,β-unsaturated/α-hetero) is 1. The Morgan fingerprint density at radius 2 is 1.26 bits per heavy atom. The van der Waals surface area contributed by atoms with Crippen LogP contribution in [-0.2, 0) is 4.79 Å². The van der Waals surface area contributed by atoms with Gasteiger partial charge in [-0.25, -0.2) is 0 Å². The van der Waals surface area contributed by atoms with Crippen LogP contribution in [0, 0.1) is 0 Å². The Kier molecular flexibility index (Phi) is 5.58. The molecule has 1 aliphatic heterocycles. The number of hydrogen-bond donors (Lipinski definition) is 1. The van der Waals surface area contributed by atoms with Crippen molar-refractivity contribution in [2.75, 3.05) is 0 Å². The summed E-state index contributed by atoms with van der Waals surface area (Å²) in [6, 6.07) is 26.5. The molecular weight excluding hydrogens is 466 g/mol. The zero-order valence-corrected chi connectivity index (χ0v) is 17.8. The molecule has 1 aliphatic rings. The maximum atomic E-state index is 13.2. The smallest absolute Gasteiger partial charge is 0.144 e. The first kappa shape index (κ1) is 18.6. The van der Waals surface area contributed by atoms with Gasteiger partial charge in [0.05, 0.1) is 5.92 Å². The van der Waals surface area contributed by atoms with Crippen LogP contribution in [0.5, 0.6) is 0 Å². The van der Waals surface area contributed by atoms with Crippen LogP contribution in [0.3, 0.4) is 0 Å². The van der Waals surface area contributed by atoms with Crippen LogP contribution in [-0.4, -0.2) is 5.78 Å². The first-order chi connectivity index (χ1) is 13.1. The largest absolute Gasteiger partial charge is 0.302 e. The van der Waals surface area contributed by atoms with Gasteiger partial charge in [-0.15, -0.1) is 0 Å². The Morgan fingerprint density at radius 3 is 1.85 bits per heavy atom. The minimum Gasteiger partial charge on any atom is -0.302 e. The van der Waals surface area contributed by atoms with E-state index in [9.17, 15) is 4.79 Å². The standard InChI is InChI=1S/C23H19Br2NO/c24-18-10-6-15(7-11-18)20-14-21(27)22(16-4-2-1-3-5-16)23(26-20)17-8-12-19(25)13-9-17/h1-13,20,22-23,26H,14H2/t20-,22-,23+/m0/s1. The van der Waals surface area contributed by atoms with Gasteiger partial charge >= 0.3 is 0 Å². The van der Waals surface area contributed by atoms with Gasteiger partial charge in [-0.2, -0.15) is 0 Å². The molecule has 0 radical (unpaired) electrons. The summed E-state index contributed by atoms with van der Waals surface area (Å²) in [7, 11) is 0. The molecule has 0 spiro atoms. The number of carbonyl (C=O) groups is 1. The molecule has 1 heterocycles. The number of carbonyl (C=O) groups excluding carboxylic acids is 1. The van der Waals surface area contributed by atoms with Crippen molar-refractivity contribution in [3.8, 4) is 0 Å². The maximum absolute atomic E-state index is 13.2. The summed E-state index contributed by atoms with van der Waals surface area (Å²) in [5, 5.41) is 3.75. The van der Waals surface area contributed by atoms with Crippen molar-refractivity contribution in [1.82, 2.24) is 5.32 Å². The van der Waals surface area contributed by atoms with Crippen LogP contribution in [0.1, 0.15) is 41.1 Å². The lowest BCUT2D eigenvalue weighted by atomic mass is 9.77. The van der Waals surface area contributed by atoms with Crippen molar-refractivity contribution in [2.45, 2.75) is 24.4 Å². The van der Waals surface area contributed by atoms with Gasteiger partial charge in [0.25, 0.3) is 0 Å². The summed E-state index contributed by atoms with van der Waals surface area (Å²) in [5.74, 6) is 0.0971. The third kappa shape index (κ3) is 4.08. The van der Waals surface area contributed by atoms with Crippen LogP contribution in [0.15, 0.2) is 87.8 Å². The minimum absolute atomic E-state index is 0.0132. The van der Waals surface area contributed by atoms with Crippen molar-refractivity contribution in [3.63, 3.8) is 0 Å². The quantitative estimate of drug-likeness (QED) is 0.469. The molecule has 3 atom stereocenters. The van der Waals surface area contributed by atoms with Crippen LogP contribution in [0.4, 0.5) is 0 Å². The van der Waals surface area contributed by atoms with E-state index < -0.39 is 0 Å². The molecule has 136 valence electrons. The lowest BCUT2D eigenvalue weighted by Crippen LogP contribution is -2.41. The van der Waals surface area contributed by atoms with E-state index in [1.54, 1.807) is 0 Å². The molecule has 4 rings (SSSR count).